The minimum absolute atomic E-state index is 0.0246. The molecule has 126 valence electrons. The van der Waals surface area contributed by atoms with E-state index in [4.69, 9.17) is 0 Å². The molecule has 0 saturated carbocycles. The van der Waals surface area contributed by atoms with Gasteiger partial charge in [0.05, 0.1) is 12.6 Å². The number of nitrogens with zero attached hydrogens (tertiary/aromatic N) is 6. The molecule has 23 heavy (non-hydrogen) atoms. The van der Waals surface area contributed by atoms with Gasteiger partial charge in [0.15, 0.2) is 0 Å². The van der Waals surface area contributed by atoms with Crippen molar-refractivity contribution in [3.8, 4) is 0 Å². The van der Waals surface area contributed by atoms with E-state index in [0.29, 0.717) is 19.0 Å². The molecule has 1 fully saturated rings. The van der Waals surface area contributed by atoms with E-state index in [1.807, 2.05) is 13.8 Å². The zero-order chi connectivity index (χ0) is 16.2. The fraction of sp³-hybridized carbons (Fsp3) is 0.733. The maximum atomic E-state index is 12.6. The lowest BCUT2D eigenvalue weighted by atomic mass is 9.94. The van der Waals surface area contributed by atoms with Crippen LogP contribution in [0.3, 0.4) is 0 Å². The van der Waals surface area contributed by atoms with Gasteiger partial charge in [0, 0.05) is 13.0 Å². The fourth-order valence-corrected chi connectivity index (χ4v) is 3.20. The Bertz CT molecular complexity index is 667. The summed E-state index contributed by atoms with van der Waals surface area (Å²) in [7, 11) is 0. The summed E-state index contributed by atoms with van der Waals surface area (Å²) in [6.07, 6.45) is 6.37. The van der Waals surface area contributed by atoms with Gasteiger partial charge >= 0.3 is 5.69 Å². The number of aromatic nitrogens is 6. The Kier molecular flexibility index (Phi) is 4.90. The molecule has 1 saturated heterocycles. The van der Waals surface area contributed by atoms with Crippen LogP contribution in [0.25, 0.3) is 0 Å². The normalized spacial score (nSPS) is 17.5. The summed E-state index contributed by atoms with van der Waals surface area (Å²) < 4.78 is 5.13. The molecule has 1 atom stereocenters. The molecule has 3 heterocycles. The minimum atomic E-state index is -0.0246. The molecule has 0 spiro atoms. The van der Waals surface area contributed by atoms with Gasteiger partial charge in [-0.3, -0.25) is 4.57 Å². The summed E-state index contributed by atoms with van der Waals surface area (Å²) in [4.78, 5) is 16.5. The molecule has 3 rings (SSSR count). The number of hydrogen-bond donors (Lipinski definition) is 1. The van der Waals surface area contributed by atoms with Crippen LogP contribution in [0.2, 0.25) is 0 Å². The Morgan fingerprint density at radius 2 is 2.17 bits per heavy atom. The van der Waals surface area contributed by atoms with E-state index in [0.717, 1.165) is 38.2 Å². The second-order valence-electron chi connectivity index (χ2n) is 6.25. The molecule has 0 aromatic carbocycles. The summed E-state index contributed by atoms with van der Waals surface area (Å²) in [5.74, 6) is 1.53. The van der Waals surface area contributed by atoms with Crippen molar-refractivity contribution in [2.75, 3.05) is 13.1 Å². The highest BCUT2D eigenvalue weighted by Gasteiger charge is 2.20. The molecule has 0 radical (unpaired) electrons. The van der Waals surface area contributed by atoms with Gasteiger partial charge in [-0.15, -0.1) is 0 Å². The average Bonchev–Trinajstić information content (AvgIpc) is 3.18. The lowest BCUT2D eigenvalue weighted by molar-refractivity contribution is 0.360. The molecule has 1 aliphatic rings. The summed E-state index contributed by atoms with van der Waals surface area (Å²) in [5.41, 5.74) is -0.0246. The molecule has 0 amide bonds. The molecule has 1 unspecified atom stereocenters. The first-order valence-corrected chi connectivity index (χ1v) is 8.40. The van der Waals surface area contributed by atoms with E-state index in [2.05, 4.69) is 20.5 Å². The third kappa shape index (κ3) is 3.52. The smallest absolute Gasteiger partial charge is 0.317 e. The molecule has 1 aliphatic heterocycles. The van der Waals surface area contributed by atoms with E-state index in [-0.39, 0.29) is 11.7 Å². The third-order valence-electron chi connectivity index (χ3n) is 4.57. The van der Waals surface area contributed by atoms with Crippen LogP contribution in [-0.2, 0) is 19.5 Å². The first-order chi connectivity index (χ1) is 11.2. The van der Waals surface area contributed by atoms with Crippen LogP contribution in [-0.4, -0.2) is 42.2 Å². The molecule has 8 heteroatoms. The van der Waals surface area contributed by atoms with Gasteiger partial charge in [-0.25, -0.2) is 19.1 Å². The maximum Gasteiger partial charge on any atom is 0.345 e. The minimum Gasteiger partial charge on any atom is -0.317 e. The Labute approximate surface area is 135 Å². The molecule has 0 bridgehead atoms. The van der Waals surface area contributed by atoms with E-state index < -0.39 is 0 Å². The van der Waals surface area contributed by atoms with Gasteiger partial charge in [-0.2, -0.15) is 10.2 Å². The lowest BCUT2D eigenvalue weighted by Crippen LogP contribution is -2.30. The van der Waals surface area contributed by atoms with Gasteiger partial charge in [0.1, 0.15) is 18.5 Å². The van der Waals surface area contributed by atoms with Gasteiger partial charge in [0.25, 0.3) is 0 Å². The van der Waals surface area contributed by atoms with Crippen LogP contribution in [0.1, 0.15) is 38.6 Å². The van der Waals surface area contributed by atoms with Crippen molar-refractivity contribution in [1.82, 2.24) is 34.4 Å². The summed E-state index contributed by atoms with van der Waals surface area (Å²) in [6, 6.07) is 0.0436. The van der Waals surface area contributed by atoms with E-state index in [9.17, 15) is 4.79 Å². The highest BCUT2D eigenvalue weighted by Crippen LogP contribution is 2.16. The largest absolute Gasteiger partial charge is 0.345 e. The monoisotopic (exact) mass is 319 g/mol. The third-order valence-corrected chi connectivity index (χ3v) is 4.57. The van der Waals surface area contributed by atoms with Gasteiger partial charge < -0.3 is 5.32 Å². The van der Waals surface area contributed by atoms with Crippen molar-refractivity contribution in [2.45, 2.75) is 52.2 Å². The number of rotatable bonds is 6. The molecule has 0 aliphatic carbocycles. The molecule has 2 aromatic rings. The first kappa shape index (κ1) is 15.9. The molecular formula is C15H25N7O. The Morgan fingerprint density at radius 3 is 2.83 bits per heavy atom. The van der Waals surface area contributed by atoms with Crippen molar-refractivity contribution < 1.29 is 0 Å². The zero-order valence-corrected chi connectivity index (χ0v) is 13.9. The predicted octanol–water partition coefficient (Wildman–Crippen LogP) is 0.460. The Morgan fingerprint density at radius 1 is 1.39 bits per heavy atom. The van der Waals surface area contributed by atoms with Gasteiger partial charge in [-0.05, 0) is 45.7 Å². The standard InChI is InChI=1S/C15H25N7O/c1-3-20-14(8-13-4-6-16-7-5-13)19-21(15(20)23)9-12(2)22-11-17-10-18-22/h10-13,16H,3-9H2,1-2H3. The van der Waals surface area contributed by atoms with Crippen molar-refractivity contribution in [2.24, 2.45) is 5.92 Å². The van der Waals surface area contributed by atoms with Crippen LogP contribution < -0.4 is 11.0 Å². The second-order valence-corrected chi connectivity index (χ2v) is 6.25. The van der Waals surface area contributed by atoms with Crippen LogP contribution in [0.15, 0.2) is 17.4 Å². The summed E-state index contributed by atoms with van der Waals surface area (Å²) in [5, 5.41) is 12.1. The average molecular weight is 319 g/mol. The van der Waals surface area contributed by atoms with Crippen molar-refractivity contribution >= 4 is 0 Å². The van der Waals surface area contributed by atoms with E-state index in [1.165, 1.54) is 6.33 Å². The highest BCUT2D eigenvalue weighted by molar-refractivity contribution is 4.91. The topological polar surface area (TPSA) is 82.6 Å². The summed E-state index contributed by atoms with van der Waals surface area (Å²) >= 11 is 0. The van der Waals surface area contributed by atoms with Crippen molar-refractivity contribution in [1.29, 1.82) is 0 Å². The van der Waals surface area contributed by atoms with Crippen molar-refractivity contribution in [3.63, 3.8) is 0 Å². The quantitative estimate of drug-likeness (QED) is 0.836. The Balaban J connectivity index is 1.77. The number of nitrogens with one attached hydrogen (secondary N) is 1. The lowest BCUT2D eigenvalue weighted by Gasteiger charge is -2.21. The summed E-state index contributed by atoms with van der Waals surface area (Å²) in [6.45, 7) is 7.31. The predicted molar refractivity (Wildman–Crippen MR) is 86.2 cm³/mol. The molecular weight excluding hydrogens is 294 g/mol. The maximum absolute atomic E-state index is 12.6. The van der Waals surface area contributed by atoms with Gasteiger partial charge in [0.2, 0.25) is 0 Å². The SMILES string of the molecule is CCn1c(CC2CCNCC2)nn(CC(C)n2cncn2)c1=O. The molecule has 2 aromatic heterocycles. The van der Waals surface area contributed by atoms with Crippen LogP contribution >= 0.6 is 0 Å². The zero-order valence-electron chi connectivity index (χ0n) is 13.9. The number of hydrogen-bond acceptors (Lipinski definition) is 5. The molecule has 1 N–H and O–H groups in total. The molecule has 8 nitrogen and oxygen atoms in total. The van der Waals surface area contributed by atoms with E-state index in [1.54, 1.807) is 20.3 Å². The van der Waals surface area contributed by atoms with E-state index >= 15 is 0 Å². The fourth-order valence-electron chi connectivity index (χ4n) is 3.20. The highest BCUT2D eigenvalue weighted by atomic mass is 16.2. The van der Waals surface area contributed by atoms with Crippen LogP contribution in [0.5, 0.6) is 0 Å². The Hall–Kier alpha value is -1.96. The van der Waals surface area contributed by atoms with Crippen molar-refractivity contribution in [3.05, 3.63) is 29.0 Å². The number of piperidine rings is 1. The second kappa shape index (κ2) is 7.08. The first-order valence-electron chi connectivity index (χ1n) is 8.40. The van der Waals surface area contributed by atoms with Crippen LogP contribution in [0.4, 0.5) is 0 Å². The van der Waals surface area contributed by atoms with Crippen LogP contribution in [0, 0.1) is 5.92 Å². The van der Waals surface area contributed by atoms with Gasteiger partial charge in [-0.1, -0.05) is 0 Å².